The van der Waals surface area contributed by atoms with Crippen LogP contribution in [-0.2, 0) is 16.1 Å². The molecule has 148 valence electrons. The molecule has 0 aliphatic carbocycles. The highest BCUT2D eigenvalue weighted by atomic mass is 35.5. The average Bonchev–Trinajstić information content (AvgIpc) is 2.96. The van der Waals surface area contributed by atoms with Crippen molar-refractivity contribution in [3.8, 4) is 0 Å². The number of halogens is 1. The van der Waals surface area contributed by atoms with Crippen molar-refractivity contribution >= 4 is 29.9 Å². The van der Waals surface area contributed by atoms with Crippen LogP contribution in [-0.4, -0.2) is 35.3 Å². The van der Waals surface area contributed by atoms with Crippen LogP contribution in [0.25, 0.3) is 0 Å². The predicted octanol–water partition coefficient (Wildman–Crippen LogP) is 3.48. The van der Waals surface area contributed by atoms with Crippen molar-refractivity contribution in [3.63, 3.8) is 0 Å². The summed E-state index contributed by atoms with van der Waals surface area (Å²) in [5.41, 5.74) is 1.92. The number of nitrogens with one attached hydrogen (secondary N) is 2. The number of amides is 2. The summed E-state index contributed by atoms with van der Waals surface area (Å²) in [5, 5.41) is 6.69. The van der Waals surface area contributed by atoms with Gasteiger partial charge in [0.05, 0.1) is 0 Å². The van der Waals surface area contributed by atoms with E-state index in [1.54, 1.807) is 0 Å². The fourth-order valence-corrected chi connectivity index (χ4v) is 4.81. The van der Waals surface area contributed by atoms with Crippen LogP contribution in [0.3, 0.4) is 0 Å². The molecule has 1 aromatic carbocycles. The lowest BCUT2D eigenvalue weighted by Gasteiger charge is -2.28. The second-order valence-corrected chi connectivity index (χ2v) is 8.20. The van der Waals surface area contributed by atoms with Crippen LogP contribution in [0.2, 0.25) is 0 Å². The lowest BCUT2D eigenvalue weighted by Crippen LogP contribution is -2.39. The molecule has 4 rings (SSSR count). The first kappa shape index (κ1) is 20.2. The Morgan fingerprint density at radius 3 is 2.70 bits per heavy atom. The molecule has 3 heterocycles. The third-order valence-electron chi connectivity index (χ3n) is 6.05. The molecule has 0 radical (unpaired) electrons. The topological polar surface area (TPSA) is 61.4 Å². The second kappa shape index (κ2) is 9.07. The van der Waals surface area contributed by atoms with Crippen molar-refractivity contribution in [2.45, 2.75) is 70.0 Å². The minimum absolute atomic E-state index is 0. The Morgan fingerprint density at radius 2 is 1.96 bits per heavy atom. The third-order valence-corrected chi connectivity index (χ3v) is 6.05. The first-order valence-electron chi connectivity index (χ1n) is 10.1. The van der Waals surface area contributed by atoms with Gasteiger partial charge in [0.15, 0.2) is 0 Å². The van der Waals surface area contributed by atoms with Gasteiger partial charge in [-0.3, -0.25) is 9.59 Å². The molecule has 0 spiro atoms. The first-order valence-corrected chi connectivity index (χ1v) is 10.1. The fraction of sp³-hybridized carbons (Fsp3) is 0.619. The van der Waals surface area contributed by atoms with E-state index < -0.39 is 0 Å². The normalized spacial score (nSPS) is 27.2. The number of anilines is 1. The average molecular weight is 392 g/mol. The molecule has 2 amide bonds. The van der Waals surface area contributed by atoms with Gasteiger partial charge in [-0.05, 0) is 62.1 Å². The van der Waals surface area contributed by atoms with Crippen molar-refractivity contribution in [1.29, 1.82) is 0 Å². The van der Waals surface area contributed by atoms with E-state index >= 15 is 0 Å². The lowest BCUT2D eigenvalue weighted by molar-refractivity contribution is -0.133. The Labute approximate surface area is 167 Å². The Bertz CT molecular complexity index is 669. The van der Waals surface area contributed by atoms with E-state index in [4.69, 9.17) is 0 Å². The fourth-order valence-electron chi connectivity index (χ4n) is 4.81. The molecule has 2 bridgehead atoms. The van der Waals surface area contributed by atoms with Crippen LogP contribution < -0.4 is 10.6 Å². The number of fused-ring (bicyclic) bond motifs is 2. The maximum Gasteiger partial charge on any atom is 0.224 e. The summed E-state index contributed by atoms with van der Waals surface area (Å²) in [6.45, 7) is 1.48. The van der Waals surface area contributed by atoms with E-state index in [9.17, 15) is 9.59 Å². The largest absolute Gasteiger partial charge is 0.338 e. The molecule has 6 heteroatoms. The number of hydrogen-bond donors (Lipinski definition) is 2. The van der Waals surface area contributed by atoms with Crippen LogP contribution >= 0.6 is 12.4 Å². The molecule has 3 saturated heterocycles. The molecule has 2 unspecified atom stereocenters. The smallest absolute Gasteiger partial charge is 0.224 e. The van der Waals surface area contributed by atoms with Gasteiger partial charge < -0.3 is 15.5 Å². The molecule has 3 aliphatic heterocycles. The quantitative estimate of drug-likeness (QED) is 0.807. The van der Waals surface area contributed by atoms with Crippen LogP contribution in [0.4, 0.5) is 5.69 Å². The van der Waals surface area contributed by atoms with Gasteiger partial charge in [-0.2, -0.15) is 0 Å². The summed E-state index contributed by atoms with van der Waals surface area (Å²) in [5.74, 6) is 0.858. The second-order valence-electron chi connectivity index (χ2n) is 8.20. The number of likely N-dealkylation sites (tertiary alicyclic amines) is 1. The number of benzene rings is 1. The minimum Gasteiger partial charge on any atom is -0.338 e. The van der Waals surface area contributed by atoms with E-state index in [2.05, 4.69) is 10.6 Å². The first-order chi connectivity index (χ1) is 12.7. The molecule has 27 heavy (non-hydrogen) atoms. The van der Waals surface area contributed by atoms with Crippen molar-refractivity contribution in [2.24, 2.45) is 5.92 Å². The Balaban J connectivity index is 0.00000210. The van der Waals surface area contributed by atoms with E-state index in [-0.39, 0.29) is 24.2 Å². The lowest BCUT2D eigenvalue weighted by atomic mass is 9.89. The SMILES string of the molecule is Cl.O=C(CC1CC2CCC(C1)N2)Nc1cccc(CN2CCCCC2=O)c1. The third kappa shape index (κ3) is 5.23. The molecule has 1 aromatic rings. The maximum atomic E-state index is 12.5. The van der Waals surface area contributed by atoms with E-state index in [0.717, 1.165) is 43.5 Å². The molecule has 2 N–H and O–H groups in total. The zero-order chi connectivity index (χ0) is 17.9. The molecular weight excluding hydrogens is 362 g/mol. The molecular formula is C21H30ClN3O2. The van der Waals surface area contributed by atoms with Crippen molar-refractivity contribution < 1.29 is 9.59 Å². The number of carbonyl (C=O) groups is 2. The van der Waals surface area contributed by atoms with Gasteiger partial charge >= 0.3 is 0 Å². The summed E-state index contributed by atoms with van der Waals surface area (Å²) in [4.78, 5) is 26.4. The van der Waals surface area contributed by atoms with Crippen molar-refractivity contribution in [1.82, 2.24) is 10.2 Å². The molecule has 5 nitrogen and oxygen atoms in total. The monoisotopic (exact) mass is 391 g/mol. The van der Waals surface area contributed by atoms with Crippen LogP contribution in [0.5, 0.6) is 0 Å². The number of hydrogen-bond acceptors (Lipinski definition) is 3. The highest BCUT2D eigenvalue weighted by Gasteiger charge is 2.34. The molecule has 3 aliphatic rings. The van der Waals surface area contributed by atoms with E-state index in [1.807, 2.05) is 29.2 Å². The summed E-state index contributed by atoms with van der Waals surface area (Å²) >= 11 is 0. The minimum atomic E-state index is 0. The van der Waals surface area contributed by atoms with Gasteiger partial charge in [0.25, 0.3) is 0 Å². The van der Waals surface area contributed by atoms with Gasteiger partial charge in [0.1, 0.15) is 0 Å². The Morgan fingerprint density at radius 1 is 1.19 bits per heavy atom. The number of carbonyl (C=O) groups excluding carboxylic acids is 2. The van der Waals surface area contributed by atoms with Crippen LogP contribution in [0, 0.1) is 5.92 Å². The maximum absolute atomic E-state index is 12.5. The van der Waals surface area contributed by atoms with Gasteiger partial charge in [-0.15, -0.1) is 12.4 Å². The molecule has 0 saturated carbocycles. The Hall–Kier alpha value is -1.59. The molecule has 3 fully saturated rings. The highest BCUT2D eigenvalue weighted by molar-refractivity contribution is 5.91. The Kier molecular flexibility index (Phi) is 6.77. The molecule has 0 aromatic heterocycles. The summed E-state index contributed by atoms with van der Waals surface area (Å²) < 4.78 is 0. The molecule has 2 atom stereocenters. The predicted molar refractivity (Wildman–Crippen MR) is 109 cm³/mol. The zero-order valence-electron chi connectivity index (χ0n) is 15.8. The number of piperidine rings is 2. The zero-order valence-corrected chi connectivity index (χ0v) is 16.6. The van der Waals surface area contributed by atoms with E-state index in [1.165, 1.54) is 12.8 Å². The summed E-state index contributed by atoms with van der Waals surface area (Å²) in [6, 6.07) is 9.18. The van der Waals surface area contributed by atoms with Gasteiger partial charge in [-0.25, -0.2) is 0 Å². The van der Waals surface area contributed by atoms with Gasteiger partial charge in [-0.1, -0.05) is 12.1 Å². The standard InChI is InChI=1S/C21H29N3O2.ClH/c25-20(13-16-11-18-7-8-19(12-16)22-18)23-17-5-3-4-15(10-17)14-24-9-2-1-6-21(24)26;/h3-5,10,16,18-19,22H,1-2,6-9,11-14H2,(H,23,25);1H. The number of nitrogens with zero attached hydrogens (tertiary/aromatic N) is 1. The van der Waals surface area contributed by atoms with Gasteiger partial charge in [0, 0.05) is 43.7 Å². The van der Waals surface area contributed by atoms with Crippen LogP contribution in [0.15, 0.2) is 24.3 Å². The van der Waals surface area contributed by atoms with Crippen molar-refractivity contribution in [3.05, 3.63) is 29.8 Å². The van der Waals surface area contributed by atoms with Gasteiger partial charge in [0.2, 0.25) is 11.8 Å². The van der Waals surface area contributed by atoms with Crippen molar-refractivity contribution in [2.75, 3.05) is 11.9 Å². The summed E-state index contributed by atoms with van der Waals surface area (Å²) in [6.07, 6.45) is 8.14. The van der Waals surface area contributed by atoms with Crippen LogP contribution in [0.1, 0.15) is 56.9 Å². The van der Waals surface area contributed by atoms with E-state index in [0.29, 0.717) is 37.4 Å². The highest BCUT2D eigenvalue weighted by Crippen LogP contribution is 2.32. The number of rotatable bonds is 5. The summed E-state index contributed by atoms with van der Waals surface area (Å²) in [7, 11) is 0.